The highest BCUT2D eigenvalue weighted by Crippen LogP contribution is 2.14. The molecule has 0 saturated heterocycles. The number of hydrogen-bond donors (Lipinski definition) is 1. The minimum absolute atomic E-state index is 0.133. The molecule has 0 radical (unpaired) electrons. The van der Waals surface area contributed by atoms with Crippen LogP contribution < -0.4 is 4.72 Å². The average molecular weight is 365 g/mol. The Morgan fingerprint density at radius 1 is 1.00 bits per heavy atom. The highest BCUT2D eigenvalue weighted by atomic mass is 32.2. The molecule has 0 fully saturated rings. The van der Waals surface area contributed by atoms with E-state index in [2.05, 4.69) is 4.72 Å². The fraction of sp³-hybridized carbons (Fsp3) is 0.176. The molecule has 2 aromatic rings. The van der Waals surface area contributed by atoms with Gasteiger partial charge in [-0.05, 0) is 55.5 Å². The van der Waals surface area contributed by atoms with Gasteiger partial charge in [-0.2, -0.15) is 0 Å². The second kappa shape index (κ2) is 7.43. The highest BCUT2D eigenvalue weighted by Gasteiger charge is 2.20. The molecule has 0 saturated carbocycles. The number of carbonyl (C=O) groups excluding carboxylic acids is 2. The van der Waals surface area contributed by atoms with Crippen molar-refractivity contribution in [1.29, 1.82) is 0 Å². The summed E-state index contributed by atoms with van der Waals surface area (Å²) in [6.45, 7) is 1.42. The van der Waals surface area contributed by atoms with Crippen LogP contribution in [0.4, 0.5) is 10.1 Å². The lowest BCUT2D eigenvalue weighted by Gasteiger charge is -2.13. The first-order valence-corrected chi connectivity index (χ1v) is 9.13. The Labute approximate surface area is 144 Å². The number of nitrogens with one attached hydrogen (secondary N) is 1. The Bertz CT molecular complexity index is 876. The number of anilines is 1. The summed E-state index contributed by atoms with van der Waals surface area (Å²) in [5.74, 6) is -1.67. The number of sulfonamides is 1. The molecule has 2 aromatic carbocycles. The summed E-state index contributed by atoms with van der Waals surface area (Å²) >= 11 is 0. The van der Waals surface area contributed by atoms with Crippen LogP contribution in [0.2, 0.25) is 0 Å². The maximum atomic E-state index is 12.8. The van der Waals surface area contributed by atoms with Crippen molar-refractivity contribution in [3.8, 4) is 0 Å². The molecule has 0 bridgehead atoms. The minimum Gasteiger partial charge on any atom is -0.451 e. The van der Waals surface area contributed by atoms with Crippen LogP contribution in [-0.2, 0) is 14.8 Å². The molecule has 0 aliphatic heterocycles. The molecule has 132 valence electrons. The van der Waals surface area contributed by atoms with Crippen molar-refractivity contribution in [2.24, 2.45) is 0 Å². The van der Waals surface area contributed by atoms with Crippen LogP contribution in [-0.4, -0.2) is 32.5 Å². The normalized spacial score (nSPS) is 12.3. The van der Waals surface area contributed by atoms with E-state index >= 15 is 0 Å². The molecule has 0 heterocycles. The Hall–Kier alpha value is -2.74. The standard InChI is InChI=1S/C17H16FNO5S/c1-11(24-17(21)13-3-7-14(18)8-4-13)16(20)12-5-9-15(10-6-12)19-25(2,22)23/h3-11,19H,1-2H3/t11-/m0/s1. The van der Waals surface area contributed by atoms with Crippen molar-refractivity contribution >= 4 is 27.5 Å². The molecular weight excluding hydrogens is 349 g/mol. The highest BCUT2D eigenvalue weighted by molar-refractivity contribution is 7.92. The first-order chi connectivity index (χ1) is 11.7. The number of carbonyl (C=O) groups is 2. The lowest BCUT2D eigenvalue weighted by atomic mass is 10.1. The molecule has 0 spiro atoms. The van der Waals surface area contributed by atoms with E-state index in [4.69, 9.17) is 4.74 Å². The molecule has 0 aromatic heterocycles. The van der Waals surface area contributed by atoms with Crippen LogP contribution in [0, 0.1) is 5.82 Å². The van der Waals surface area contributed by atoms with Crippen LogP contribution in [0.3, 0.4) is 0 Å². The molecular formula is C17H16FNO5S. The Balaban J connectivity index is 2.04. The van der Waals surface area contributed by atoms with Gasteiger partial charge in [0.1, 0.15) is 5.82 Å². The van der Waals surface area contributed by atoms with E-state index in [0.29, 0.717) is 5.69 Å². The number of hydrogen-bond acceptors (Lipinski definition) is 5. The Morgan fingerprint density at radius 2 is 1.52 bits per heavy atom. The average Bonchev–Trinajstić information content (AvgIpc) is 2.54. The van der Waals surface area contributed by atoms with Gasteiger partial charge in [-0.15, -0.1) is 0 Å². The summed E-state index contributed by atoms with van der Waals surface area (Å²) in [7, 11) is -3.41. The summed E-state index contributed by atoms with van der Waals surface area (Å²) in [6.07, 6.45) is -0.0328. The van der Waals surface area contributed by atoms with Crippen molar-refractivity contribution in [1.82, 2.24) is 0 Å². The third-order valence-corrected chi connectivity index (χ3v) is 3.81. The number of benzene rings is 2. The SMILES string of the molecule is C[C@H](OC(=O)c1ccc(F)cc1)C(=O)c1ccc(NS(C)(=O)=O)cc1. The smallest absolute Gasteiger partial charge is 0.338 e. The molecule has 1 atom stereocenters. The van der Waals surface area contributed by atoms with E-state index in [0.717, 1.165) is 18.4 Å². The second-order valence-electron chi connectivity index (χ2n) is 5.37. The number of ketones is 1. The van der Waals surface area contributed by atoms with E-state index in [1.165, 1.54) is 43.3 Å². The van der Waals surface area contributed by atoms with E-state index in [1.54, 1.807) is 0 Å². The number of ether oxygens (including phenoxy) is 1. The predicted molar refractivity (Wildman–Crippen MR) is 90.5 cm³/mol. The summed E-state index contributed by atoms with van der Waals surface area (Å²) in [5.41, 5.74) is 0.710. The Kier molecular flexibility index (Phi) is 5.53. The molecule has 0 unspecified atom stereocenters. The quantitative estimate of drug-likeness (QED) is 0.628. The molecule has 0 aliphatic rings. The largest absolute Gasteiger partial charge is 0.451 e. The third-order valence-electron chi connectivity index (χ3n) is 3.21. The van der Waals surface area contributed by atoms with Crippen molar-refractivity contribution in [3.05, 3.63) is 65.5 Å². The molecule has 2 rings (SSSR count). The van der Waals surface area contributed by atoms with Gasteiger partial charge in [0.2, 0.25) is 15.8 Å². The second-order valence-corrected chi connectivity index (χ2v) is 7.12. The van der Waals surface area contributed by atoms with Gasteiger partial charge >= 0.3 is 5.97 Å². The van der Waals surface area contributed by atoms with Gasteiger partial charge < -0.3 is 4.74 Å². The van der Waals surface area contributed by atoms with Gasteiger partial charge in [0.05, 0.1) is 11.8 Å². The molecule has 1 N–H and O–H groups in total. The summed E-state index contributed by atoms with van der Waals surface area (Å²) in [6, 6.07) is 10.5. The minimum atomic E-state index is -3.41. The van der Waals surface area contributed by atoms with Crippen molar-refractivity contribution in [3.63, 3.8) is 0 Å². The summed E-state index contributed by atoms with van der Waals surface area (Å²) in [4.78, 5) is 24.2. The van der Waals surface area contributed by atoms with Gasteiger partial charge in [-0.25, -0.2) is 17.6 Å². The van der Waals surface area contributed by atoms with E-state index in [1.807, 2.05) is 0 Å². The lowest BCUT2D eigenvalue weighted by Crippen LogP contribution is -2.24. The van der Waals surface area contributed by atoms with Crippen LogP contribution in [0.5, 0.6) is 0 Å². The Morgan fingerprint density at radius 3 is 2.04 bits per heavy atom. The molecule has 6 nitrogen and oxygen atoms in total. The van der Waals surface area contributed by atoms with Gasteiger partial charge in [0.15, 0.2) is 6.10 Å². The molecule has 8 heteroatoms. The lowest BCUT2D eigenvalue weighted by molar-refractivity contribution is 0.0319. The third kappa shape index (κ3) is 5.39. The molecule has 25 heavy (non-hydrogen) atoms. The monoisotopic (exact) mass is 365 g/mol. The zero-order valence-electron chi connectivity index (χ0n) is 13.5. The number of rotatable bonds is 6. The molecule has 0 aliphatic carbocycles. The first kappa shape index (κ1) is 18.6. The van der Waals surface area contributed by atoms with E-state index in [9.17, 15) is 22.4 Å². The number of halogens is 1. The van der Waals surface area contributed by atoms with Crippen LogP contribution >= 0.6 is 0 Å². The summed E-state index contributed by atoms with van der Waals surface area (Å²) in [5, 5.41) is 0. The van der Waals surface area contributed by atoms with Crippen molar-refractivity contribution < 1.29 is 27.1 Å². The van der Waals surface area contributed by atoms with Crippen LogP contribution in [0.25, 0.3) is 0 Å². The van der Waals surface area contributed by atoms with E-state index < -0.39 is 33.7 Å². The topological polar surface area (TPSA) is 89.5 Å². The van der Waals surface area contributed by atoms with Gasteiger partial charge in [0, 0.05) is 11.3 Å². The van der Waals surface area contributed by atoms with Gasteiger partial charge in [-0.3, -0.25) is 9.52 Å². The zero-order valence-corrected chi connectivity index (χ0v) is 14.3. The number of esters is 1. The van der Waals surface area contributed by atoms with Crippen molar-refractivity contribution in [2.45, 2.75) is 13.0 Å². The fourth-order valence-corrected chi connectivity index (χ4v) is 2.58. The zero-order chi connectivity index (χ0) is 18.6. The van der Waals surface area contributed by atoms with E-state index in [-0.39, 0.29) is 11.1 Å². The maximum Gasteiger partial charge on any atom is 0.338 e. The van der Waals surface area contributed by atoms with Crippen LogP contribution in [0.15, 0.2) is 48.5 Å². The first-order valence-electron chi connectivity index (χ1n) is 7.24. The maximum absolute atomic E-state index is 12.8. The van der Waals surface area contributed by atoms with Crippen molar-refractivity contribution in [2.75, 3.05) is 11.0 Å². The van der Waals surface area contributed by atoms with Crippen LogP contribution in [0.1, 0.15) is 27.6 Å². The van der Waals surface area contributed by atoms with Gasteiger partial charge in [-0.1, -0.05) is 0 Å². The predicted octanol–water partition coefficient (Wildman–Crippen LogP) is 2.63. The van der Waals surface area contributed by atoms with Gasteiger partial charge in [0.25, 0.3) is 0 Å². The molecule has 0 amide bonds. The fourth-order valence-electron chi connectivity index (χ4n) is 2.02. The number of Topliss-reactive ketones (excluding diaryl/α,β-unsaturated/α-hetero) is 1. The summed E-state index contributed by atoms with van der Waals surface area (Å²) < 4.78 is 42.5.